The van der Waals surface area contributed by atoms with E-state index in [0.717, 1.165) is 0 Å². The smallest absolute Gasteiger partial charge is 0.342 e. The van der Waals surface area contributed by atoms with Crippen molar-refractivity contribution in [2.75, 3.05) is 0 Å². The van der Waals surface area contributed by atoms with Gasteiger partial charge in [0.1, 0.15) is 11.9 Å². The van der Waals surface area contributed by atoms with Crippen molar-refractivity contribution in [3.8, 4) is 0 Å². The number of carbonyl (C=O) groups excluding carboxylic acids is 1. The first-order valence-electron chi connectivity index (χ1n) is 3.46. The van der Waals surface area contributed by atoms with Crippen molar-refractivity contribution in [3.63, 3.8) is 0 Å². The highest BCUT2D eigenvalue weighted by Crippen LogP contribution is 2.25. The predicted octanol–water partition coefficient (Wildman–Crippen LogP) is 2.45. The van der Waals surface area contributed by atoms with Crippen LogP contribution in [0.2, 0.25) is 0 Å². The average Bonchev–Trinajstić information content (AvgIpc) is 2.30. The summed E-state index contributed by atoms with van der Waals surface area (Å²) in [6, 6.07) is 0. The molecule has 0 spiro atoms. The van der Waals surface area contributed by atoms with E-state index in [1.807, 2.05) is 0 Å². The molecular weight excluding hydrogens is 227 g/mol. The van der Waals surface area contributed by atoms with E-state index < -0.39 is 12.1 Å². The van der Waals surface area contributed by atoms with Crippen molar-refractivity contribution in [1.82, 2.24) is 0 Å². The molecule has 2 nitrogen and oxygen atoms in total. The molecule has 0 aromatic carbocycles. The van der Waals surface area contributed by atoms with Gasteiger partial charge in [0.2, 0.25) is 0 Å². The molecule has 0 aromatic heterocycles. The Kier molecular flexibility index (Phi) is 2.67. The Morgan fingerprint density at radius 2 is 2.33 bits per heavy atom. The highest BCUT2D eigenvalue weighted by Gasteiger charge is 2.26. The van der Waals surface area contributed by atoms with Gasteiger partial charge < -0.3 is 4.74 Å². The van der Waals surface area contributed by atoms with Gasteiger partial charge in [0.25, 0.3) is 0 Å². The summed E-state index contributed by atoms with van der Waals surface area (Å²) in [5.41, 5.74) is 0.0730. The van der Waals surface area contributed by atoms with E-state index in [9.17, 15) is 9.18 Å². The molecule has 0 aromatic rings. The summed E-state index contributed by atoms with van der Waals surface area (Å²) >= 11 is 3.14. The van der Waals surface area contributed by atoms with Gasteiger partial charge in [-0.3, -0.25) is 0 Å². The Balaban J connectivity index is 2.97. The monoisotopic (exact) mass is 234 g/mol. The fourth-order valence-electron chi connectivity index (χ4n) is 0.835. The quantitative estimate of drug-likeness (QED) is 0.652. The molecule has 0 radical (unpaired) electrons. The molecule has 0 aliphatic carbocycles. The number of hydrogen-bond donors (Lipinski definition) is 0. The molecule has 0 fully saturated rings. The van der Waals surface area contributed by atoms with Crippen molar-refractivity contribution in [2.45, 2.75) is 20.0 Å². The van der Waals surface area contributed by atoms with Gasteiger partial charge >= 0.3 is 5.97 Å². The SMILES string of the molecule is C/C(Br)=C1/C=C(C(C)F)C(=O)O1. The lowest BCUT2D eigenvalue weighted by Gasteiger charge is -1.97. The Bertz CT molecular complexity index is 275. The summed E-state index contributed by atoms with van der Waals surface area (Å²) in [6.45, 7) is 3.03. The molecule has 1 aliphatic heterocycles. The molecule has 66 valence electrons. The van der Waals surface area contributed by atoms with Gasteiger partial charge in [-0.05, 0) is 19.9 Å². The summed E-state index contributed by atoms with van der Waals surface area (Å²) < 4.78 is 18.1. The Morgan fingerprint density at radius 3 is 2.58 bits per heavy atom. The van der Waals surface area contributed by atoms with Gasteiger partial charge in [-0.15, -0.1) is 0 Å². The van der Waals surface area contributed by atoms with Gasteiger partial charge in [0.15, 0.2) is 0 Å². The second-order valence-corrected chi connectivity index (χ2v) is 3.69. The standard InChI is InChI=1S/C8H8BrFO2/c1-4(9)7-3-6(5(2)10)8(11)12-7/h3,5H,1-2H3/b7-4+. The summed E-state index contributed by atoms with van der Waals surface area (Å²) in [5, 5.41) is 0. The Labute approximate surface area is 78.2 Å². The molecule has 1 heterocycles. The summed E-state index contributed by atoms with van der Waals surface area (Å²) in [5.74, 6) is -0.210. The number of halogens is 2. The molecule has 1 aliphatic rings. The van der Waals surface area contributed by atoms with Crippen LogP contribution in [0.15, 0.2) is 21.9 Å². The molecule has 0 saturated heterocycles. The number of hydrogen-bond acceptors (Lipinski definition) is 2. The topological polar surface area (TPSA) is 26.3 Å². The molecule has 1 atom stereocenters. The number of rotatable bonds is 1. The van der Waals surface area contributed by atoms with Crippen LogP contribution in [-0.4, -0.2) is 12.1 Å². The highest BCUT2D eigenvalue weighted by molar-refractivity contribution is 9.11. The number of esters is 1. The number of alkyl halides is 1. The van der Waals surface area contributed by atoms with E-state index in [0.29, 0.717) is 10.2 Å². The van der Waals surface area contributed by atoms with Gasteiger partial charge in [-0.1, -0.05) is 15.9 Å². The van der Waals surface area contributed by atoms with Crippen LogP contribution in [0.1, 0.15) is 13.8 Å². The first-order valence-corrected chi connectivity index (χ1v) is 4.26. The van der Waals surface area contributed by atoms with Crippen LogP contribution in [0.4, 0.5) is 4.39 Å². The average molecular weight is 235 g/mol. The zero-order valence-corrected chi connectivity index (χ0v) is 8.31. The van der Waals surface area contributed by atoms with Crippen LogP contribution >= 0.6 is 15.9 Å². The van der Waals surface area contributed by atoms with E-state index in [4.69, 9.17) is 4.74 Å². The molecule has 4 heteroatoms. The summed E-state index contributed by atoms with van der Waals surface area (Å²) in [6.07, 6.45) is 0.138. The molecule has 0 saturated carbocycles. The number of cyclic esters (lactones) is 1. The lowest BCUT2D eigenvalue weighted by molar-refractivity contribution is -0.133. The van der Waals surface area contributed by atoms with Gasteiger partial charge in [0.05, 0.1) is 5.57 Å². The van der Waals surface area contributed by atoms with E-state index in [1.165, 1.54) is 13.0 Å². The van der Waals surface area contributed by atoms with Crippen LogP contribution in [0, 0.1) is 0 Å². The van der Waals surface area contributed by atoms with Crippen LogP contribution in [0.3, 0.4) is 0 Å². The summed E-state index contributed by atoms with van der Waals surface area (Å²) in [4.78, 5) is 10.9. The van der Waals surface area contributed by atoms with Crippen molar-refractivity contribution < 1.29 is 13.9 Å². The van der Waals surface area contributed by atoms with E-state index in [1.54, 1.807) is 6.92 Å². The lowest BCUT2D eigenvalue weighted by Crippen LogP contribution is -2.07. The minimum atomic E-state index is -1.28. The fourth-order valence-corrected chi connectivity index (χ4v) is 1.03. The van der Waals surface area contributed by atoms with Crippen LogP contribution in [0.5, 0.6) is 0 Å². The number of ether oxygens (including phenoxy) is 1. The fraction of sp³-hybridized carbons (Fsp3) is 0.375. The van der Waals surface area contributed by atoms with Crippen molar-refractivity contribution in [3.05, 3.63) is 21.9 Å². The first kappa shape index (κ1) is 9.45. The van der Waals surface area contributed by atoms with Gasteiger partial charge in [0, 0.05) is 4.48 Å². The third kappa shape index (κ3) is 1.75. The molecular formula is C8H8BrFO2. The lowest BCUT2D eigenvalue weighted by atomic mass is 10.2. The van der Waals surface area contributed by atoms with Crippen LogP contribution in [0.25, 0.3) is 0 Å². The van der Waals surface area contributed by atoms with Crippen molar-refractivity contribution >= 4 is 21.9 Å². The van der Waals surface area contributed by atoms with Gasteiger partial charge in [-0.25, -0.2) is 9.18 Å². The van der Waals surface area contributed by atoms with E-state index in [-0.39, 0.29) is 5.57 Å². The normalized spacial score (nSPS) is 23.3. The predicted molar refractivity (Wildman–Crippen MR) is 46.4 cm³/mol. The molecule has 0 amide bonds. The Morgan fingerprint density at radius 1 is 1.75 bits per heavy atom. The molecule has 0 N–H and O–H groups in total. The molecule has 1 unspecified atom stereocenters. The third-order valence-electron chi connectivity index (χ3n) is 1.49. The van der Waals surface area contributed by atoms with Gasteiger partial charge in [-0.2, -0.15) is 0 Å². The van der Waals surface area contributed by atoms with Crippen LogP contribution in [-0.2, 0) is 9.53 Å². The molecule has 1 rings (SSSR count). The second kappa shape index (κ2) is 3.39. The second-order valence-electron chi connectivity index (χ2n) is 2.50. The highest BCUT2D eigenvalue weighted by atomic mass is 79.9. The third-order valence-corrected chi connectivity index (χ3v) is 1.88. The van der Waals surface area contributed by atoms with Crippen molar-refractivity contribution in [1.29, 1.82) is 0 Å². The summed E-state index contributed by atoms with van der Waals surface area (Å²) in [7, 11) is 0. The Hall–Kier alpha value is -0.640. The molecule has 12 heavy (non-hydrogen) atoms. The molecule has 0 bridgehead atoms. The first-order chi connectivity index (χ1) is 5.52. The number of carbonyl (C=O) groups is 1. The minimum absolute atomic E-state index is 0.0730. The maximum atomic E-state index is 12.7. The minimum Gasteiger partial charge on any atom is -0.422 e. The zero-order chi connectivity index (χ0) is 9.30. The zero-order valence-electron chi connectivity index (χ0n) is 6.73. The van der Waals surface area contributed by atoms with E-state index in [2.05, 4.69) is 15.9 Å². The number of allylic oxidation sites excluding steroid dienone is 2. The van der Waals surface area contributed by atoms with Crippen LogP contribution < -0.4 is 0 Å². The van der Waals surface area contributed by atoms with Crippen molar-refractivity contribution in [2.24, 2.45) is 0 Å². The largest absolute Gasteiger partial charge is 0.422 e. The maximum absolute atomic E-state index is 12.7. The maximum Gasteiger partial charge on any atom is 0.342 e. The van der Waals surface area contributed by atoms with E-state index >= 15 is 0 Å².